The predicted octanol–water partition coefficient (Wildman–Crippen LogP) is 3.66. The van der Waals surface area contributed by atoms with Gasteiger partial charge in [0.15, 0.2) is 5.78 Å². The van der Waals surface area contributed by atoms with Crippen molar-refractivity contribution in [1.29, 1.82) is 0 Å². The Kier molecular flexibility index (Phi) is 3.69. The molecule has 2 N–H and O–H groups in total. The van der Waals surface area contributed by atoms with Gasteiger partial charge in [0.25, 0.3) is 0 Å². The number of ketones is 1. The molecule has 2 unspecified atom stereocenters. The SMILES string of the molecule is CC1CC(C)CC(C(=O)c2cc(F)ccc2N)C1. The molecule has 0 radical (unpaired) electrons. The first-order chi connectivity index (χ1) is 8.47. The van der Waals surface area contributed by atoms with Crippen LogP contribution >= 0.6 is 0 Å². The Morgan fingerprint density at radius 2 is 1.83 bits per heavy atom. The largest absolute Gasteiger partial charge is 0.398 e. The van der Waals surface area contributed by atoms with Gasteiger partial charge in [0.05, 0.1) is 0 Å². The van der Waals surface area contributed by atoms with Crippen molar-refractivity contribution in [3.63, 3.8) is 0 Å². The van der Waals surface area contributed by atoms with E-state index in [-0.39, 0.29) is 11.7 Å². The molecule has 18 heavy (non-hydrogen) atoms. The maximum Gasteiger partial charge on any atom is 0.168 e. The summed E-state index contributed by atoms with van der Waals surface area (Å²) in [6.07, 6.45) is 2.95. The summed E-state index contributed by atoms with van der Waals surface area (Å²) in [5.74, 6) is 0.706. The van der Waals surface area contributed by atoms with Gasteiger partial charge >= 0.3 is 0 Å². The molecule has 1 saturated carbocycles. The lowest BCUT2D eigenvalue weighted by atomic mass is 9.74. The lowest BCUT2D eigenvalue weighted by Gasteiger charge is -2.30. The van der Waals surface area contributed by atoms with E-state index < -0.39 is 5.82 Å². The highest BCUT2D eigenvalue weighted by molar-refractivity contribution is 6.02. The topological polar surface area (TPSA) is 43.1 Å². The van der Waals surface area contributed by atoms with Crippen LogP contribution in [0.2, 0.25) is 0 Å². The Balaban J connectivity index is 2.22. The summed E-state index contributed by atoms with van der Waals surface area (Å²) in [6, 6.07) is 4.03. The van der Waals surface area contributed by atoms with Crippen LogP contribution in [0, 0.1) is 23.6 Å². The molecule has 2 rings (SSSR count). The minimum Gasteiger partial charge on any atom is -0.398 e. The van der Waals surface area contributed by atoms with E-state index in [1.165, 1.54) is 24.6 Å². The molecule has 0 aliphatic heterocycles. The molecule has 0 saturated heterocycles. The number of hydrogen-bond acceptors (Lipinski definition) is 2. The average Bonchev–Trinajstić information content (AvgIpc) is 2.30. The molecule has 0 bridgehead atoms. The number of nitrogen functional groups attached to an aromatic ring is 1. The minimum atomic E-state index is -0.399. The van der Waals surface area contributed by atoms with E-state index in [4.69, 9.17) is 5.73 Å². The lowest BCUT2D eigenvalue weighted by Crippen LogP contribution is -2.26. The van der Waals surface area contributed by atoms with Gasteiger partial charge in [0.2, 0.25) is 0 Å². The first kappa shape index (κ1) is 13.1. The summed E-state index contributed by atoms with van der Waals surface area (Å²) in [5.41, 5.74) is 6.51. The van der Waals surface area contributed by atoms with Crippen LogP contribution in [0.3, 0.4) is 0 Å². The van der Waals surface area contributed by atoms with Crippen molar-refractivity contribution < 1.29 is 9.18 Å². The second-order valence-electron chi connectivity index (χ2n) is 5.71. The second kappa shape index (κ2) is 5.09. The average molecular weight is 249 g/mol. The molecular formula is C15H20FNO. The van der Waals surface area contributed by atoms with Gasteiger partial charge in [-0.1, -0.05) is 13.8 Å². The van der Waals surface area contributed by atoms with Crippen LogP contribution in [0.15, 0.2) is 18.2 Å². The zero-order valence-corrected chi connectivity index (χ0v) is 10.9. The summed E-state index contributed by atoms with van der Waals surface area (Å²) in [6.45, 7) is 4.34. The highest BCUT2D eigenvalue weighted by Crippen LogP contribution is 2.35. The number of hydrogen-bond donors (Lipinski definition) is 1. The number of benzene rings is 1. The molecule has 0 heterocycles. The van der Waals surface area contributed by atoms with E-state index in [1.807, 2.05) is 0 Å². The Morgan fingerprint density at radius 3 is 2.44 bits per heavy atom. The zero-order chi connectivity index (χ0) is 13.3. The van der Waals surface area contributed by atoms with Crippen LogP contribution in [-0.4, -0.2) is 5.78 Å². The highest BCUT2D eigenvalue weighted by Gasteiger charge is 2.30. The molecular weight excluding hydrogens is 229 g/mol. The van der Waals surface area contributed by atoms with Crippen molar-refractivity contribution in [1.82, 2.24) is 0 Å². The van der Waals surface area contributed by atoms with E-state index in [0.717, 1.165) is 12.8 Å². The fraction of sp³-hybridized carbons (Fsp3) is 0.533. The van der Waals surface area contributed by atoms with Crippen molar-refractivity contribution in [2.45, 2.75) is 33.1 Å². The van der Waals surface area contributed by atoms with Gasteiger partial charge in [-0.2, -0.15) is 0 Å². The van der Waals surface area contributed by atoms with Crippen LogP contribution in [0.1, 0.15) is 43.5 Å². The third-order valence-electron chi connectivity index (χ3n) is 3.83. The van der Waals surface area contributed by atoms with E-state index >= 15 is 0 Å². The van der Waals surface area contributed by atoms with E-state index in [2.05, 4.69) is 13.8 Å². The summed E-state index contributed by atoms with van der Waals surface area (Å²) in [4.78, 5) is 12.4. The summed E-state index contributed by atoms with van der Waals surface area (Å²) < 4.78 is 13.2. The molecule has 98 valence electrons. The minimum absolute atomic E-state index is 0.00500. The fourth-order valence-electron chi connectivity index (χ4n) is 3.12. The third-order valence-corrected chi connectivity index (χ3v) is 3.83. The number of halogens is 1. The van der Waals surface area contributed by atoms with Crippen molar-refractivity contribution >= 4 is 11.5 Å². The molecule has 1 aromatic carbocycles. The molecule has 1 fully saturated rings. The standard InChI is InChI=1S/C15H20FNO/c1-9-5-10(2)7-11(6-9)15(18)13-8-12(16)3-4-14(13)17/h3-4,8-11H,5-7,17H2,1-2H3. The molecule has 3 heteroatoms. The predicted molar refractivity (Wildman–Crippen MR) is 70.8 cm³/mol. The Bertz CT molecular complexity index is 448. The Hall–Kier alpha value is -1.38. The van der Waals surface area contributed by atoms with Crippen LogP contribution < -0.4 is 5.73 Å². The van der Waals surface area contributed by atoms with E-state index in [0.29, 0.717) is 23.1 Å². The molecule has 0 amide bonds. The first-order valence-corrected chi connectivity index (χ1v) is 6.56. The maximum atomic E-state index is 13.2. The van der Waals surface area contributed by atoms with Crippen LogP contribution in [0.5, 0.6) is 0 Å². The van der Waals surface area contributed by atoms with Gasteiger partial charge in [0, 0.05) is 17.2 Å². The van der Waals surface area contributed by atoms with Crippen LogP contribution in [0.25, 0.3) is 0 Å². The quantitative estimate of drug-likeness (QED) is 0.642. The van der Waals surface area contributed by atoms with Gasteiger partial charge in [-0.15, -0.1) is 0 Å². The van der Waals surface area contributed by atoms with Crippen molar-refractivity contribution in [2.75, 3.05) is 5.73 Å². The zero-order valence-electron chi connectivity index (χ0n) is 10.9. The Labute approximate surface area is 107 Å². The summed E-state index contributed by atoms with van der Waals surface area (Å²) >= 11 is 0. The van der Waals surface area contributed by atoms with E-state index in [1.54, 1.807) is 0 Å². The molecule has 1 aliphatic rings. The first-order valence-electron chi connectivity index (χ1n) is 6.56. The maximum absolute atomic E-state index is 13.2. The van der Waals surface area contributed by atoms with Crippen molar-refractivity contribution in [2.24, 2.45) is 17.8 Å². The number of nitrogens with two attached hydrogens (primary N) is 1. The Morgan fingerprint density at radius 1 is 1.22 bits per heavy atom. The molecule has 2 atom stereocenters. The van der Waals surface area contributed by atoms with Crippen LogP contribution in [0.4, 0.5) is 10.1 Å². The second-order valence-corrected chi connectivity index (χ2v) is 5.71. The number of carbonyl (C=O) groups is 1. The van der Waals surface area contributed by atoms with Gasteiger partial charge in [-0.3, -0.25) is 4.79 Å². The van der Waals surface area contributed by atoms with Gasteiger partial charge < -0.3 is 5.73 Å². The van der Waals surface area contributed by atoms with Gasteiger partial charge in [0.1, 0.15) is 5.82 Å². The van der Waals surface area contributed by atoms with Crippen molar-refractivity contribution in [3.8, 4) is 0 Å². The number of anilines is 1. The monoisotopic (exact) mass is 249 g/mol. The van der Waals surface area contributed by atoms with Crippen molar-refractivity contribution in [3.05, 3.63) is 29.6 Å². The van der Waals surface area contributed by atoms with E-state index in [9.17, 15) is 9.18 Å². The summed E-state index contributed by atoms with van der Waals surface area (Å²) in [7, 11) is 0. The smallest absolute Gasteiger partial charge is 0.168 e. The number of Topliss-reactive ketones (excluding diaryl/α,β-unsaturated/α-hetero) is 1. The fourth-order valence-corrected chi connectivity index (χ4v) is 3.12. The van der Waals surface area contributed by atoms with Crippen LogP contribution in [-0.2, 0) is 0 Å². The third kappa shape index (κ3) is 2.71. The molecule has 1 aliphatic carbocycles. The normalized spacial score (nSPS) is 28.1. The summed E-state index contributed by atoms with van der Waals surface area (Å²) in [5, 5.41) is 0. The molecule has 0 spiro atoms. The number of rotatable bonds is 2. The number of carbonyl (C=O) groups excluding carboxylic acids is 1. The molecule has 2 nitrogen and oxygen atoms in total. The highest BCUT2D eigenvalue weighted by atomic mass is 19.1. The lowest BCUT2D eigenvalue weighted by molar-refractivity contribution is 0.0836. The van der Waals surface area contributed by atoms with Gasteiger partial charge in [-0.05, 0) is 49.3 Å². The molecule has 1 aromatic rings. The molecule has 0 aromatic heterocycles. The van der Waals surface area contributed by atoms with Gasteiger partial charge in [-0.25, -0.2) is 4.39 Å².